The Balaban J connectivity index is 1.31. The minimum Gasteiger partial charge on any atom is -0.394 e. The molecule has 0 aromatic rings. The van der Waals surface area contributed by atoms with E-state index in [4.69, 9.17) is 57.1 Å². The minimum absolute atomic E-state index is 0.0949. The molecule has 0 aromatic heterocycles. The first kappa shape index (κ1) is 44.3. The maximum atomic E-state index is 12.7. The molecule has 4 aliphatic heterocycles. The van der Waals surface area contributed by atoms with Crippen LogP contribution in [0.5, 0.6) is 0 Å². The van der Waals surface area contributed by atoms with Gasteiger partial charge in [0.2, 0.25) is 10.0 Å². The average Bonchev–Trinajstić information content (AvgIpc) is 3.42. The van der Waals surface area contributed by atoms with Gasteiger partial charge in [-0.05, 0) is 45.2 Å². The first-order valence-electron chi connectivity index (χ1n) is 18.7. The van der Waals surface area contributed by atoms with Gasteiger partial charge in [-0.2, -0.15) is 0 Å². The van der Waals surface area contributed by atoms with Crippen molar-refractivity contribution >= 4 is 10.0 Å². The molecule has 5 aliphatic rings. The van der Waals surface area contributed by atoms with Crippen molar-refractivity contribution in [2.24, 2.45) is 28.7 Å². The van der Waals surface area contributed by atoms with Gasteiger partial charge < -0.3 is 98.4 Å². The zero-order valence-electron chi connectivity index (χ0n) is 30.3. The highest BCUT2D eigenvalue weighted by Crippen LogP contribution is 2.35. The molecule has 54 heavy (non-hydrogen) atoms. The molecule has 0 aromatic carbocycles. The van der Waals surface area contributed by atoms with Crippen LogP contribution >= 0.6 is 0 Å². The van der Waals surface area contributed by atoms with Crippen LogP contribution in [-0.4, -0.2) is 200 Å². The van der Waals surface area contributed by atoms with E-state index in [1.807, 2.05) is 0 Å². The number of hydrogen-bond acceptors (Lipinski definition) is 21. The van der Waals surface area contributed by atoms with Crippen LogP contribution in [0.1, 0.15) is 32.1 Å². The van der Waals surface area contributed by atoms with E-state index in [0.717, 1.165) is 13.1 Å². The number of ether oxygens (including phenoxy) is 6. The molecule has 0 bridgehead atoms. The first-order chi connectivity index (χ1) is 25.6. The van der Waals surface area contributed by atoms with Gasteiger partial charge >= 0.3 is 0 Å². The number of nitrogens with one attached hydrogen (secondary N) is 3. The van der Waals surface area contributed by atoms with Crippen LogP contribution in [0.15, 0.2) is 0 Å². The van der Waals surface area contributed by atoms with Crippen LogP contribution in [0.4, 0.5) is 0 Å². The van der Waals surface area contributed by atoms with Crippen molar-refractivity contribution in [2.75, 3.05) is 51.6 Å². The summed E-state index contributed by atoms with van der Waals surface area (Å²) in [6.45, 7) is 1.17. The van der Waals surface area contributed by atoms with Gasteiger partial charge in [-0.15, -0.1) is 0 Å². The molecule has 19 N–H and O–H groups in total. The van der Waals surface area contributed by atoms with Gasteiger partial charge in [0.1, 0.15) is 48.8 Å². The summed E-state index contributed by atoms with van der Waals surface area (Å²) in [5.74, 6) is -0.421. The van der Waals surface area contributed by atoms with Crippen LogP contribution in [-0.2, 0) is 38.4 Å². The Morgan fingerprint density at radius 3 is 2.13 bits per heavy atom. The molecule has 22 nitrogen and oxygen atoms in total. The van der Waals surface area contributed by atoms with E-state index in [-0.39, 0.29) is 25.6 Å². The Bertz CT molecular complexity index is 1280. The fourth-order valence-electron chi connectivity index (χ4n) is 7.69. The third kappa shape index (κ3) is 10.6. The van der Waals surface area contributed by atoms with Crippen molar-refractivity contribution in [3.05, 3.63) is 0 Å². The molecule has 23 heteroatoms. The Morgan fingerprint density at radius 1 is 0.796 bits per heavy atom. The third-order valence-electron chi connectivity index (χ3n) is 10.9. The molecule has 1 saturated carbocycles. The summed E-state index contributed by atoms with van der Waals surface area (Å²) < 4.78 is 64.0. The molecule has 4 saturated heterocycles. The zero-order valence-corrected chi connectivity index (χ0v) is 31.1. The highest BCUT2D eigenvalue weighted by atomic mass is 32.2. The van der Waals surface area contributed by atoms with Crippen LogP contribution < -0.4 is 44.0 Å². The fraction of sp³-hybridized carbons (Fsp3) is 1.00. The van der Waals surface area contributed by atoms with Gasteiger partial charge in [0.15, 0.2) is 18.9 Å². The number of piperidine rings is 1. The summed E-state index contributed by atoms with van der Waals surface area (Å²) in [4.78, 5) is 0. The summed E-state index contributed by atoms with van der Waals surface area (Å²) in [5.41, 5.74) is 29.4. The quantitative estimate of drug-likeness (QED) is 0.0689. The van der Waals surface area contributed by atoms with E-state index < -0.39 is 126 Å². The molecule has 0 amide bonds. The van der Waals surface area contributed by atoms with Crippen molar-refractivity contribution in [1.82, 2.24) is 15.4 Å². The Hall–Kier alpha value is -0.850. The largest absolute Gasteiger partial charge is 0.394 e. The standard InChI is InChI=1S/C31H62N8O14S/c32-5-8-54(46,47)39-17-9-16(35)25(51-28-15(34)2-1-14(48-28)11-38-13-31(45)3-6-37-7-4-31)27(21(17)41)53-30-24(44)26(19(12-40)50-30)52-29-20(36)23(43)22(42)18(10-33)49-29/h14-30,37-45H,1-13,32-36H2/t14-,15+,16-,17+,18-,19+,20+,21-,22+,23+,24+,25+,26+,27+,28+,29+,30-/m0/s1. The van der Waals surface area contributed by atoms with E-state index in [2.05, 4.69) is 15.4 Å². The zero-order chi connectivity index (χ0) is 39.4. The van der Waals surface area contributed by atoms with E-state index in [9.17, 15) is 39.1 Å². The average molecular weight is 803 g/mol. The summed E-state index contributed by atoms with van der Waals surface area (Å²) in [5, 5.41) is 71.3. The fourth-order valence-corrected chi connectivity index (χ4v) is 8.82. The van der Waals surface area contributed by atoms with E-state index >= 15 is 0 Å². The van der Waals surface area contributed by atoms with Crippen LogP contribution in [0.25, 0.3) is 0 Å². The number of hydrogen-bond donors (Lipinski definition) is 14. The molecule has 17 atom stereocenters. The smallest absolute Gasteiger partial charge is 0.213 e. The molecule has 5 rings (SSSR count). The lowest BCUT2D eigenvalue weighted by Gasteiger charge is -2.46. The highest BCUT2D eigenvalue weighted by molar-refractivity contribution is 7.89. The number of nitrogens with two attached hydrogens (primary N) is 5. The molecular formula is C31H62N8O14S. The lowest BCUT2D eigenvalue weighted by molar-refractivity contribution is -0.289. The van der Waals surface area contributed by atoms with Gasteiger partial charge in [0.05, 0.1) is 48.3 Å². The van der Waals surface area contributed by atoms with Gasteiger partial charge in [-0.25, -0.2) is 13.1 Å². The summed E-state index contributed by atoms with van der Waals surface area (Å²) in [6, 6.07) is -4.03. The third-order valence-corrected chi connectivity index (χ3v) is 12.4. The molecule has 5 fully saturated rings. The minimum atomic E-state index is -3.96. The first-order valence-corrected chi connectivity index (χ1v) is 20.3. The molecule has 0 radical (unpaired) electrons. The van der Waals surface area contributed by atoms with Crippen molar-refractivity contribution in [3.8, 4) is 0 Å². The second-order valence-corrected chi connectivity index (χ2v) is 16.9. The molecule has 1 aliphatic carbocycles. The Labute approximate surface area is 314 Å². The van der Waals surface area contributed by atoms with Crippen molar-refractivity contribution in [3.63, 3.8) is 0 Å². The van der Waals surface area contributed by atoms with Crippen LogP contribution in [0.3, 0.4) is 0 Å². The second kappa shape index (κ2) is 19.3. The van der Waals surface area contributed by atoms with Crippen LogP contribution in [0.2, 0.25) is 0 Å². The topological polar surface area (TPSA) is 377 Å². The van der Waals surface area contributed by atoms with Crippen LogP contribution in [0, 0.1) is 0 Å². The molecule has 0 spiro atoms. The monoisotopic (exact) mass is 802 g/mol. The Morgan fingerprint density at radius 2 is 1.46 bits per heavy atom. The predicted molar refractivity (Wildman–Crippen MR) is 188 cm³/mol. The van der Waals surface area contributed by atoms with Crippen molar-refractivity contribution in [1.29, 1.82) is 0 Å². The van der Waals surface area contributed by atoms with Crippen molar-refractivity contribution in [2.45, 2.75) is 142 Å². The maximum Gasteiger partial charge on any atom is 0.213 e. The van der Waals surface area contributed by atoms with Gasteiger partial charge in [0, 0.05) is 32.2 Å². The maximum absolute atomic E-state index is 12.7. The number of rotatable bonds is 16. The lowest BCUT2D eigenvalue weighted by atomic mass is 9.84. The lowest BCUT2D eigenvalue weighted by Crippen LogP contribution is -2.67. The molecule has 316 valence electrons. The summed E-state index contributed by atoms with van der Waals surface area (Å²) >= 11 is 0. The Kier molecular flexibility index (Phi) is 15.8. The number of aliphatic hydroxyl groups is 6. The predicted octanol–water partition coefficient (Wildman–Crippen LogP) is -8.17. The number of aliphatic hydroxyl groups excluding tert-OH is 5. The van der Waals surface area contributed by atoms with Gasteiger partial charge in [0.25, 0.3) is 0 Å². The SMILES string of the molecule is NCCS(=O)(=O)N[C@@H]1C[C@H](N)[C@@H](O[C@H]2O[C@H](CNCC3(O)CCNCC3)CC[C@H]2N)[C@H](O[C@@H]2O[C@H](CO)[C@@H](O[C@H]3O[C@@H](CN)[C@@H](O)[C@H](O)[C@H]3N)[C@H]2O)[C@H]1O. The van der Waals surface area contributed by atoms with Crippen molar-refractivity contribution < 1.29 is 67.5 Å². The molecular weight excluding hydrogens is 740 g/mol. The highest BCUT2D eigenvalue weighted by Gasteiger charge is 2.54. The van der Waals surface area contributed by atoms with E-state index in [0.29, 0.717) is 38.8 Å². The summed E-state index contributed by atoms with van der Waals surface area (Å²) in [6.07, 6.45) is -14.6. The van der Waals surface area contributed by atoms with E-state index in [1.165, 1.54) is 0 Å². The van der Waals surface area contributed by atoms with Gasteiger partial charge in [-0.3, -0.25) is 0 Å². The summed E-state index contributed by atoms with van der Waals surface area (Å²) in [7, 11) is -3.96. The number of sulfonamides is 1. The van der Waals surface area contributed by atoms with E-state index in [1.54, 1.807) is 0 Å². The second-order valence-electron chi connectivity index (χ2n) is 15.1. The normalized spacial score (nSPS) is 44.7. The molecule has 4 heterocycles. The molecule has 0 unspecified atom stereocenters. The van der Waals surface area contributed by atoms with Gasteiger partial charge in [-0.1, -0.05) is 0 Å².